The van der Waals surface area contributed by atoms with Crippen molar-refractivity contribution in [3.63, 3.8) is 0 Å². The van der Waals surface area contributed by atoms with E-state index >= 15 is 0 Å². The van der Waals surface area contributed by atoms with Gasteiger partial charge in [-0.15, -0.1) is 0 Å². The quantitative estimate of drug-likeness (QED) is 0.668. The fourth-order valence-corrected chi connectivity index (χ4v) is 2.66. The van der Waals surface area contributed by atoms with Crippen LogP contribution >= 0.6 is 11.6 Å². The molecule has 138 valence electrons. The van der Waals surface area contributed by atoms with Crippen LogP contribution in [0.1, 0.15) is 33.5 Å². The van der Waals surface area contributed by atoms with Crippen molar-refractivity contribution in [1.29, 1.82) is 0 Å². The molecule has 3 aromatic rings. The molecule has 1 N–H and O–H groups in total. The number of amides is 1. The number of nitrogens with zero attached hydrogens (tertiary/aromatic N) is 2. The Morgan fingerprint density at radius 3 is 2.41 bits per heavy atom. The minimum absolute atomic E-state index is 0.223. The van der Waals surface area contributed by atoms with E-state index in [1.165, 1.54) is 0 Å². The Morgan fingerprint density at radius 1 is 1.11 bits per heavy atom. The number of nitrogens with one attached hydrogen (secondary N) is 1. The highest BCUT2D eigenvalue weighted by Gasteiger charge is 2.14. The lowest BCUT2D eigenvalue weighted by Gasteiger charge is -2.08. The summed E-state index contributed by atoms with van der Waals surface area (Å²) in [5.74, 6) is -0.675. The second-order valence-corrected chi connectivity index (χ2v) is 6.25. The number of halogens is 1. The van der Waals surface area contributed by atoms with E-state index in [-0.39, 0.29) is 11.6 Å². The number of aromatic nitrogens is 2. The van der Waals surface area contributed by atoms with Gasteiger partial charge in [-0.05, 0) is 68.4 Å². The van der Waals surface area contributed by atoms with Crippen molar-refractivity contribution in [2.45, 2.75) is 13.8 Å². The lowest BCUT2D eigenvalue weighted by molar-refractivity contribution is 0.0519. The average Bonchev–Trinajstić information content (AvgIpc) is 3.05. The van der Waals surface area contributed by atoms with E-state index < -0.39 is 5.97 Å². The molecular weight excluding hydrogens is 366 g/mol. The van der Waals surface area contributed by atoms with E-state index in [0.29, 0.717) is 22.9 Å². The lowest BCUT2D eigenvalue weighted by atomic mass is 10.2. The Kier molecular flexibility index (Phi) is 5.57. The molecule has 27 heavy (non-hydrogen) atoms. The van der Waals surface area contributed by atoms with E-state index in [4.69, 9.17) is 16.3 Å². The highest BCUT2D eigenvalue weighted by molar-refractivity contribution is 6.30. The summed E-state index contributed by atoms with van der Waals surface area (Å²) in [6.45, 7) is 3.90. The number of ether oxygens (including phenoxy) is 1. The zero-order chi connectivity index (χ0) is 19.4. The maximum atomic E-state index is 12.3. The molecule has 0 atom stereocenters. The van der Waals surface area contributed by atoms with E-state index in [0.717, 1.165) is 11.4 Å². The molecule has 1 amide bonds. The predicted octanol–water partition coefficient (Wildman–Crippen LogP) is 4.26. The topological polar surface area (TPSA) is 73.2 Å². The average molecular weight is 384 g/mol. The van der Waals surface area contributed by atoms with Gasteiger partial charge in [-0.25, -0.2) is 9.48 Å². The van der Waals surface area contributed by atoms with E-state index in [1.807, 2.05) is 19.1 Å². The Balaban J connectivity index is 1.74. The molecule has 1 aromatic heterocycles. The second kappa shape index (κ2) is 8.05. The van der Waals surface area contributed by atoms with Crippen molar-refractivity contribution in [3.8, 4) is 5.69 Å². The van der Waals surface area contributed by atoms with Crippen molar-refractivity contribution >= 4 is 29.2 Å². The number of rotatable bonds is 5. The third kappa shape index (κ3) is 4.35. The van der Waals surface area contributed by atoms with Gasteiger partial charge >= 0.3 is 5.97 Å². The van der Waals surface area contributed by atoms with Crippen molar-refractivity contribution in [2.24, 2.45) is 0 Å². The van der Waals surface area contributed by atoms with Gasteiger partial charge in [0, 0.05) is 22.0 Å². The second-order valence-electron chi connectivity index (χ2n) is 5.81. The van der Waals surface area contributed by atoms with Crippen LogP contribution in [0.25, 0.3) is 5.69 Å². The normalized spacial score (nSPS) is 10.5. The first-order valence-corrected chi connectivity index (χ1v) is 8.77. The fraction of sp³-hybridized carbons (Fsp3) is 0.150. The first-order chi connectivity index (χ1) is 13.0. The molecule has 2 aromatic carbocycles. The van der Waals surface area contributed by atoms with E-state index in [9.17, 15) is 9.59 Å². The van der Waals surface area contributed by atoms with Crippen LogP contribution in [0.3, 0.4) is 0 Å². The monoisotopic (exact) mass is 383 g/mol. The van der Waals surface area contributed by atoms with Crippen LogP contribution in [0.5, 0.6) is 0 Å². The molecule has 1 heterocycles. The van der Waals surface area contributed by atoms with Gasteiger partial charge < -0.3 is 10.1 Å². The molecule has 0 radical (unpaired) electrons. The van der Waals surface area contributed by atoms with Crippen LogP contribution in [-0.2, 0) is 4.74 Å². The SMILES string of the molecule is CCOC(=O)c1cc(C)n(-c2ccc(NC(=O)c3ccc(Cl)cc3)cc2)n1. The highest BCUT2D eigenvalue weighted by Crippen LogP contribution is 2.17. The zero-order valence-corrected chi connectivity index (χ0v) is 15.7. The van der Waals surface area contributed by atoms with Gasteiger partial charge in [-0.1, -0.05) is 11.6 Å². The summed E-state index contributed by atoms with van der Waals surface area (Å²) >= 11 is 5.83. The predicted molar refractivity (Wildman–Crippen MR) is 104 cm³/mol. The van der Waals surface area contributed by atoms with Crippen LogP contribution in [-0.4, -0.2) is 28.3 Å². The summed E-state index contributed by atoms with van der Waals surface area (Å²) in [4.78, 5) is 24.1. The molecule has 0 saturated carbocycles. The van der Waals surface area contributed by atoms with E-state index in [2.05, 4.69) is 10.4 Å². The number of benzene rings is 2. The third-order valence-electron chi connectivity index (χ3n) is 3.85. The Bertz CT molecular complexity index is 963. The summed E-state index contributed by atoms with van der Waals surface area (Å²) < 4.78 is 6.62. The van der Waals surface area contributed by atoms with Gasteiger partial charge in [0.2, 0.25) is 0 Å². The lowest BCUT2D eigenvalue weighted by Crippen LogP contribution is -2.11. The zero-order valence-electron chi connectivity index (χ0n) is 14.9. The van der Waals surface area contributed by atoms with Crippen LogP contribution < -0.4 is 5.32 Å². The smallest absolute Gasteiger partial charge is 0.358 e. The van der Waals surface area contributed by atoms with Gasteiger partial charge in [-0.2, -0.15) is 5.10 Å². The molecule has 0 aliphatic heterocycles. The number of carbonyl (C=O) groups excluding carboxylic acids is 2. The Labute approximate surface area is 161 Å². The van der Waals surface area contributed by atoms with Gasteiger partial charge in [-0.3, -0.25) is 4.79 Å². The molecule has 0 bridgehead atoms. The summed E-state index contributed by atoms with van der Waals surface area (Å²) in [6.07, 6.45) is 0. The van der Waals surface area contributed by atoms with Crippen molar-refractivity contribution in [3.05, 3.63) is 76.6 Å². The molecule has 0 fully saturated rings. The minimum atomic E-state index is -0.453. The van der Waals surface area contributed by atoms with Crippen molar-refractivity contribution in [2.75, 3.05) is 11.9 Å². The van der Waals surface area contributed by atoms with Crippen LogP contribution in [0.4, 0.5) is 5.69 Å². The van der Waals surface area contributed by atoms with Crippen LogP contribution in [0, 0.1) is 6.92 Å². The first-order valence-electron chi connectivity index (χ1n) is 8.39. The molecule has 0 saturated heterocycles. The summed E-state index contributed by atoms with van der Waals surface area (Å²) in [7, 11) is 0. The van der Waals surface area contributed by atoms with E-state index in [1.54, 1.807) is 54.1 Å². The maximum absolute atomic E-state index is 12.3. The first kappa shape index (κ1) is 18.7. The van der Waals surface area contributed by atoms with Crippen molar-refractivity contribution in [1.82, 2.24) is 9.78 Å². The number of anilines is 1. The molecule has 7 heteroatoms. The largest absolute Gasteiger partial charge is 0.461 e. The number of hydrogen-bond donors (Lipinski definition) is 1. The Morgan fingerprint density at radius 2 is 1.78 bits per heavy atom. The molecule has 0 aliphatic carbocycles. The van der Waals surface area contributed by atoms with Crippen molar-refractivity contribution < 1.29 is 14.3 Å². The Hall–Kier alpha value is -3.12. The minimum Gasteiger partial charge on any atom is -0.461 e. The summed E-state index contributed by atoms with van der Waals surface area (Å²) in [5.41, 5.74) is 3.00. The van der Waals surface area contributed by atoms with Gasteiger partial charge in [0.15, 0.2) is 5.69 Å². The molecule has 0 spiro atoms. The van der Waals surface area contributed by atoms with Crippen LogP contribution in [0.15, 0.2) is 54.6 Å². The molecular formula is C20H18ClN3O3. The fourth-order valence-electron chi connectivity index (χ4n) is 2.53. The van der Waals surface area contributed by atoms with Crippen LogP contribution in [0.2, 0.25) is 5.02 Å². The molecule has 0 unspecified atom stereocenters. The maximum Gasteiger partial charge on any atom is 0.358 e. The summed E-state index contributed by atoms with van der Waals surface area (Å²) in [6, 6.07) is 15.5. The highest BCUT2D eigenvalue weighted by atomic mass is 35.5. The number of carbonyl (C=O) groups is 2. The van der Waals surface area contributed by atoms with Gasteiger partial charge in [0.25, 0.3) is 5.91 Å². The van der Waals surface area contributed by atoms with Gasteiger partial charge in [0.05, 0.1) is 12.3 Å². The molecule has 3 rings (SSSR count). The molecule has 6 nitrogen and oxygen atoms in total. The number of esters is 1. The number of hydrogen-bond acceptors (Lipinski definition) is 4. The standard InChI is InChI=1S/C20H18ClN3O3/c1-3-27-20(26)18-12-13(2)24(23-18)17-10-8-16(9-11-17)22-19(25)14-4-6-15(21)7-5-14/h4-12H,3H2,1-2H3,(H,22,25). The number of aryl methyl sites for hydroxylation is 1. The van der Waals surface area contributed by atoms with Gasteiger partial charge in [0.1, 0.15) is 0 Å². The molecule has 0 aliphatic rings. The third-order valence-corrected chi connectivity index (χ3v) is 4.10. The summed E-state index contributed by atoms with van der Waals surface area (Å²) in [5, 5.41) is 7.69.